The van der Waals surface area contributed by atoms with Gasteiger partial charge in [0.05, 0.1) is 5.56 Å². The fraction of sp³-hybridized carbons (Fsp3) is 0.533. The van der Waals surface area contributed by atoms with Crippen LogP contribution in [-0.4, -0.2) is 11.2 Å². The largest absolute Gasteiger partial charge is 0.416 e. The van der Waals surface area contributed by atoms with Crippen LogP contribution in [0.3, 0.4) is 0 Å². The third kappa shape index (κ3) is 5.53. The highest BCUT2D eigenvalue weighted by atomic mass is 32.1. The van der Waals surface area contributed by atoms with Crippen LogP contribution in [0.2, 0.25) is 0 Å². The zero-order valence-corrected chi connectivity index (χ0v) is 13.4. The Morgan fingerprint density at radius 1 is 1.00 bits per heavy atom. The van der Waals surface area contributed by atoms with E-state index in [0.29, 0.717) is 22.6 Å². The highest BCUT2D eigenvalue weighted by Gasteiger charge is 2.30. The summed E-state index contributed by atoms with van der Waals surface area (Å²) < 4.78 is 37.4. The van der Waals surface area contributed by atoms with Crippen molar-refractivity contribution in [2.45, 2.75) is 39.9 Å². The molecule has 0 aliphatic rings. The van der Waals surface area contributed by atoms with Gasteiger partial charge in [0.25, 0.3) is 0 Å². The van der Waals surface area contributed by atoms with E-state index in [1.54, 1.807) is 0 Å². The third-order valence-electron chi connectivity index (χ3n) is 3.20. The van der Waals surface area contributed by atoms with E-state index < -0.39 is 11.7 Å². The maximum absolute atomic E-state index is 12.5. The van der Waals surface area contributed by atoms with Crippen LogP contribution in [0.5, 0.6) is 0 Å². The molecule has 1 aromatic carbocycles. The summed E-state index contributed by atoms with van der Waals surface area (Å²) in [5, 5.41) is 6.54. The van der Waals surface area contributed by atoms with E-state index in [-0.39, 0.29) is 6.04 Å². The van der Waals surface area contributed by atoms with Crippen molar-refractivity contribution in [2.24, 2.45) is 11.8 Å². The van der Waals surface area contributed by atoms with E-state index >= 15 is 0 Å². The topological polar surface area (TPSA) is 24.1 Å². The van der Waals surface area contributed by atoms with Gasteiger partial charge in [0, 0.05) is 11.7 Å². The fourth-order valence-corrected chi connectivity index (χ4v) is 2.42. The van der Waals surface area contributed by atoms with E-state index in [4.69, 9.17) is 12.2 Å². The summed E-state index contributed by atoms with van der Waals surface area (Å²) in [6.45, 7) is 8.38. The molecule has 0 aliphatic carbocycles. The Kier molecular flexibility index (Phi) is 6.01. The van der Waals surface area contributed by atoms with E-state index in [0.717, 1.165) is 12.1 Å². The molecule has 1 aromatic rings. The second-order valence-corrected chi connectivity index (χ2v) is 6.10. The molecule has 1 rings (SSSR count). The molecule has 0 saturated heterocycles. The first kappa shape index (κ1) is 17.8. The molecule has 6 heteroatoms. The molecular formula is C15H21F3N2S. The van der Waals surface area contributed by atoms with Gasteiger partial charge in [0.1, 0.15) is 0 Å². The molecule has 2 N–H and O–H groups in total. The van der Waals surface area contributed by atoms with Gasteiger partial charge in [0.2, 0.25) is 0 Å². The number of anilines is 1. The van der Waals surface area contributed by atoms with Crippen molar-refractivity contribution < 1.29 is 13.2 Å². The smallest absolute Gasteiger partial charge is 0.359 e. The summed E-state index contributed by atoms with van der Waals surface area (Å²) in [4.78, 5) is 0. The molecule has 2 nitrogen and oxygen atoms in total. The Hall–Kier alpha value is -1.30. The average molecular weight is 318 g/mol. The highest BCUT2D eigenvalue weighted by Crippen LogP contribution is 2.29. The molecule has 0 heterocycles. The van der Waals surface area contributed by atoms with E-state index in [9.17, 15) is 13.2 Å². The molecule has 0 aliphatic heterocycles. The Balaban J connectivity index is 2.67. The van der Waals surface area contributed by atoms with Gasteiger partial charge in [-0.25, -0.2) is 0 Å². The van der Waals surface area contributed by atoms with Gasteiger partial charge in [-0.3, -0.25) is 0 Å². The van der Waals surface area contributed by atoms with Crippen LogP contribution in [0.25, 0.3) is 0 Å². The Bertz CT molecular complexity index is 459. The molecular weight excluding hydrogens is 297 g/mol. The van der Waals surface area contributed by atoms with Gasteiger partial charge < -0.3 is 10.6 Å². The van der Waals surface area contributed by atoms with E-state index in [1.165, 1.54) is 12.1 Å². The van der Waals surface area contributed by atoms with Crippen molar-refractivity contribution >= 4 is 23.0 Å². The van der Waals surface area contributed by atoms with Crippen molar-refractivity contribution in [3.63, 3.8) is 0 Å². The molecule has 0 aromatic heterocycles. The van der Waals surface area contributed by atoms with Crippen LogP contribution in [0.15, 0.2) is 24.3 Å². The Morgan fingerprint density at radius 3 is 1.86 bits per heavy atom. The number of nitrogens with one attached hydrogen (secondary N) is 2. The zero-order valence-electron chi connectivity index (χ0n) is 12.6. The summed E-state index contributed by atoms with van der Waals surface area (Å²) in [6, 6.07) is 5.02. The zero-order chi connectivity index (χ0) is 16.2. The third-order valence-corrected chi connectivity index (χ3v) is 3.42. The van der Waals surface area contributed by atoms with Crippen molar-refractivity contribution in [3.05, 3.63) is 29.8 Å². The molecule has 0 unspecified atom stereocenters. The minimum atomic E-state index is -4.32. The van der Waals surface area contributed by atoms with Crippen LogP contribution in [0.1, 0.15) is 33.3 Å². The first-order valence-electron chi connectivity index (χ1n) is 6.86. The normalized spacial score (nSPS) is 12.1. The summed E-state index contributed by atoms with van der Waals surface area (Å²) in [5.41, 5.74) is -0.138. The van der Waals surface area contributed by atoms with Gasteiger partial charge in [-0.05, 0) is 48.3 Å². The quantitative estimate of drug-likeness (QED) is 0.789. The number of benzene rings is 1. The lowest BCUT2D eigenvalue weighted by Gasteiger charge is -2.27. The van der Waals surface area contributed by atoms with Gasteiger partial charge in [-0.15, -0.1) is 0 Å². The van der Waals surface area contributed by atoms with Crippen molar-refractivity contribution in [3.8, 4) is 0 Å². The number of alkyl halides is 3. The molecule has 0 bridgehead atoms. The predicted octanol–water partition coefficient (Wildman–Crippen LogP) is 4.67. The number of rotatable bonds is 4. The first-order chi connectivity index (χ1) is 9.61. The average Bonchev–Trinajstić information content (AvgIpc) is 2.34. The SMILES string of the molecule is CC(C)C(NC(=S)Nc1ccc(C(F)(F)F)cc1)C(C)C. The molecule has 0 amide bonds. The van der Waals surface area contributed by atoms with Gasteiger partial charge in [-0.1, -0.05) is 27.7 Å². The van der Waals surface area contributed by atoms with Crippen LogP contribution < -0.4 is 10.6 Å². The van der Waals surface area contributed by atoms with Crippen molar-refractivity contribution in [1.29, 1.82) is 0 Å². The van der Waals surface area contributed by atoms with Crippen LogP contribution in [0.4, 0.5) is 18.9 Å². The Morgan fingerprint density at radius 2 is 1.48 bits per heavy atom. The molecule has 0 fully saturated rings. The van der Waals surface area contributed by atoms with E-state index in [2.05, 4.69) is 38.3 Å². The van der Waals surface area contributed by atoms with Gasteiger partial charge in [0.15, 0.2) is 5.11 Å². The lowest BCUT2D eigenvalue weighted by Crippen LogP contribution is -2.44. The van der Waals surface area contributed by atoms with Crippen LogP contribution >= 0.6 is 12.2 Å². The van der Waals surface area contributed by atoms with Crippen LogP contribution in [-0.2, 0) is 6.18 Å². The van der Waals surface area contributed by atoms with Crippen LogP contribution in [0, 0.1) is 11.8 Å². The molecule has 0 saturated carbocycles. The Labute approximate surface area is 129 Å². The lowest BCUT2D eigenvalue weighted by molar-refractivity contribution is -0.137. The monoisotopic (exact) mass is 318 g/mol. The lowest BCUT2D eigenvalue weighted by atomic mass is 9.93. The minimum Gasteiger partial charge on any atom is -0.359 e. The second-order valence-electron chi connectivity index (χ2n) is 5.69. The maximum atomic E-state index is 12.5. The van der Waals surface area contributed by atoms with Crippen molar-refractivity contribution in [1.82, 2.24) is 5.32 Å². The van der Waals surface area contributed by atoms with E-state index in [1.807, 2.05) is 0 Å². The maximum Gasteiger partial charge on any atom is 0.416 e. The summed E-state index contributed by atoms with van der Waals surface area (Å²) >= 11 is 5.21. The fourth-order valence-electron chi connectivity index (χ4n) is 2.16. The molecule has 21 heavy (non-hydrogen) atoms. The molecule has 0 atom stereocenters. The standard InChI is InChI=1S/C15H21F3N2S/c1-9(2)13(10(3)4)20-14(21)19-12-7-5-11(6-8-12)15(16,17)18/h5-10,13H,1-4H3,(H2,19,20,21). The van der Waals surface area contributed by atoms with Crippen molar-refractivity contribution in [2.75, 3.05) is 5.32 Å². The molecule has 118 valence electrons. The number of hydrogen-bond donors (Lipinski definition) is 2. The highest BCUT2D eigenvalue weighted by molar-refractivity contribution is 7.80. The molecule has 0 spiro atoms. The first-order valence-corrected chi connectivity index (χ1v) is 7.27. The van der Waals surface area contributed by atoms with Gasteiger partial charge >= 0.3 is 6.18 Å². The molecule has 0 radical (unpaired) electrons. The summed E-state index contributed by atoms with van der Waals surface area (Å²) in [6.07, 6.45) is -4.32. The number of hydrogen-bond acceptors (Lipinski definition) is 1. The number of halogens is 3. The summed E-state index contributed by atoms with van der Waals surface area (Å²) in [5.74, 6) is 0.801. The predicted molar refractivity (Wildman–Crippen MR) is 84.3 cm³/mol. The van der Waals surface area contributed by atoms with Gasteiger partial charge in [-0.2, -0.15) is 13.2 Å². The number of thiocarbonyl (C=S) groups is 1. The summed E-state index contributed by atoms with van der Waals surface area (Å²) in [7, 11) is 0. The second kappa shape index (κ2) is 7.11. The minimum absolute atomic E-state index is 0.208.